The zero-order valence-corrected chi connectivity index (χ0v) is 8.71. The number of carbonyl (C=O) groups excluding carboxylic acids is 2. The first-order chi connectivity index (χ1) is 6.59. The zero-order valence-electron chi connectivity index (χ0n) is 8.71. The molecule has 3 nitrogen and oxygen atoms in total. The maximum Gasteiger partial charge on any atom is 0.230 e. The van der Waals surface area contributed by atoms with Crippen LogP contribution in [0.3, 0.4) is 0 Å². The average molecular weight is 195 g/mol. The van der Waals surface area contributed by atoms with Crippen LogP contribution in [0.25, 0.3) is 0 Å². The molecule has 2 fully saturated rings. The van der Waals surface area contributed by atoms with Gasteiger partial charge in [0.25, 0.3) is 0 Å². The number of likely N-dealkylation sites (tertiary alicyclic amines) is 1. The number of carbonyl (C=O) groups is 2. The van der Waals surface area contributed by atoms with Crippen molar-refractivity contribution in [2.75, 3.05) is 13.1 Å². The van der Waals surface area contributed by atoms with Gasteiger partial charge >= 0.3 is 0 Å². The van der Waals surface area contributed by atoms with Crippen LogP contribution < -0.4 is 0 Å². The lowest BCUT2D eigenvalue weighted by atomic mass is 9.70. The SMILES string of the molecule is CC1(CN2CCC(=O)CC2=O)CCC1. The minimum absolute atomic E-state index is 0.0365. The maximum atomic E-state index is 11.5. The van der Waals surface area contributed by atoms with E-state index in [1.54, 1.807) is 0 Å². The molecule has 1 amide bonds. The highest BCUT2D eigenvalue weighted by molar-refractivity contribution is 6.00. The molecule has 0 aromatic carbocycles. The second kappa shape index (κ2) is 3.37. The van der Waals surface area contributed by atoms with Crippen molar-refractivity contribution in [3.05, 3.63) is 0 Å². The van der Waals surface area contributed by atoms with Crippen molar-refractivity contribution in [2.45, 2.75) is 39.0 Å². The van der Waals surface area contributed by atoms with Gasteiger partial charge in [0.15, 0.2) is 0 Å². The van der Waals surface area contributed by atoms with Crippen LogP contribution in [-0.2, 0) is 9.59 Å². The molecule has 1 saturated heterocycles. The molecular weight excluding hydrogens is 178 g/mol. The molecule has 0 unspecified atom stereocenters. The Balaban J connectivity index is 1.91. The van der Waals surface area contributed by atoms with Gasteiger partial charge in [-0.1, -0.05) is 13.3 Å². The van der Waals surface area contributed by atoms with Gasteiger partial charge in [0.05, 0.1) is 6.42 Å². The topological polar surface area (TPSA) is 37.4 Å². The van der Waals surface area contributed by atoms with E-state index in [0.717, 1.165) is 6.54 Å². The Morgan fingerprint density at radius 2 is 2.07 bits per heavy atom. The highest BCUT2D eigenvalue weighted by Crippen LogP contribution is 2.41. The van der Waals surface area contributed by atoms with Gasteiger partial charge in [-0.3, -0.25) is 9.59 Å². The van der Waals surface area contributed by atoms with Crippen molar-refractivity contribution in [1.29, 1.82) is 0 Å². The van der Waals surface area contributed by atoms with Gasteiger partial charge in [-0.15, -0.1) is 0 Å². The summed E-state index contributed by atoms with van der Waals surface area (Å²) in [6, 6.07) is 0. The minimum Gasteiger partial charge on any atom is -0.341 e. The molecule has 0 radical (unpaired) electrons. The van der Waals surface area contributed by atoms with E-state index < -0.39 is 0 Å². The maximum absolute atomic E-state index is 11.5. The van der Waals surface area contributed by atoms with Crippen molar-refractivity contribution in [1.82, 2.24) is 4.90 Å². The molecule has 1 heterocycles. The summed E-state index contributed by atoms with van der Waals surface area (Å²) >= 11 is 0. The van der Waals surface area contributed by atoms with Crippen LogP contribution in [0.15, 0.2) is 0 Å². The van der Waals surface area contributed by atoms with Crippen molar-refractivity contribution >= 4 is 11.7 Å². The largest absolute Gasteiger partial charge is 0.341 e. The fourth-order valence-electron chi connectivity index (χ4n) is 2.32. The molecule has 0 spiro atoms. The van der Waals surface area contributed by atoms with E-state index in [2.05, 4.69) is 6.92 Å². The monoisotopic (exact) mass is 195 g/mol. The van der Waals surface area contributed by atoms with Crippen LogP contribution in [0.2, 0.25) is 0 Å². The van der Waals surface area contributed by atoms with Crippen LogP contribution in [0.1, 0.15) is 39.0 Å². The Hall–Kier alpha value is -0.860. The number of ketones is 1. The summed E-state index contributed by atoms with van der Waals surface area (Å²) < 4.78 is 0. The Kier molecular flexibility index (Phi) is 2.33. The molecule has 1 aliphatic heterocycles. The number of piperidine rings is 1. The number of hydrogen-bond acceptors (Lipinski definition) is 2. The minimum atomic E-state index is 0.0365. The fraction of sp³-hybridized carbons (Fsp3) is 0.818. The number of amides is 1. The summed E-state index contributed by atoms with van der Waals surface area (Å²) in [6.07, 6.45) is 4.44. The van der Waals surface area contributed by atoms with E-state index in [9.17, 15) is 9.59 Å². The third kappa shape index (κ3) is 1.81. The Morgan fingerprint density at radius 3 is 2.57 bits per heavy atom. The summed E-state index contributed by atoms with van der Waals surface area (Å²) in [5, 5.41) is 0. The average Bonchev–Trinajstić information content (AvgIpc) is 2.07. The normalized spacial score (nSPS) is 26.2. The molecule has 2 aliphatic rings. The molecule has 0 bridgehead atoms. The first-order valence-electron chi connectivity index (χ1n) is 5.39. The standard InChI is InChI=1S/C11H17NO2/c1-11(4-2-5-11)8-12-6-3-9(13)7-10(12)14/h2-8H2,1H3. The van der Waals surface area contributed by atoms with Gasteiger partial charge in [0.2, 0.25) is 5.91 Å². The lowest BCUT2D eigenvalue weighted by Crippen LogP contribution is -2.46. The number of rotatable bonds is 2. The molecule has 14 heavy (non-hydrogen) atoms. The lowest BCUT2D eigenvalue weighted by molar-refractivity contribution is -0.141. The van der Waals surface area contributed by atoms with E-state index in [4.69, 9.17) is 0 Å². The highest BCUT2D eigenvalue weighted by atomic mass is 16.2. The van der Waals surface area contributed by atoms with Crippen LogP contribution in [-0.4, -0.2) is 29.7 Å². The third-order valence-electron chi connectivity index (χ3n) is 3.49. The molecule has 0 N–H and O–H groups in total. The fourth-order valence-corrected chi connectivity index (χ4v) is 2.32. The lowest BCUT2D eigenvalue weighted by Gasteiger charge is -2.43. The molecule has 3 heteroatoms. The molecule has 2 rings (SSSR count). The van der Waals surface area contributed by atoms with Gasteiger partial charge in [0, 0.05) is 19.5 Å². The van der Waals surface area contributed by atoms with Crippen molar-refractivity contribution < 1.29 is 9.59 Å². The Bertz CT molecular complexity index is 268. The molecule has 0 aromatic rings. The van der Waals surface area contributed by atoms with Gasteiger partial charge in [-0.05, 0) is 18.3 Å². The third-order valence-corrected chi connectivity index (χ3v) is 3.49. The van der Waals surface area contributed by atoms with Crippen molar-refractivity contribution in [3.8, 4) is 0 Å². The summed E-state index contributed by atoms with van der Waals surface area (Å²) in [4.78, 5) is 24.4. The smallest absolute Gasteiger partial charge is 0.230 e. The highest BCUT2D eigenvalue weighted by Gasteiger charge is 2.36. The quantitative estimate of drug-likeness (QED) is 0.624. The molecule has 1 aliphatic carbocycles. The summed E-state index contributed by atoms with van der Waals surface area (Å²) in [6.45, 7) is 3.74. The first kappa shape index (κ1) is 9.69. The van der Waals surface area contributed by atoms with Crippen LogP contribution in [0, 0.1) is 5.41 Å². The second-order valence-corrected chi connectivity index (χ2v) is 4.94. The zero-order chi connectivity index (χ0) is 10.2. The van der Waals surface area contributed by atoms with Gasteiger partial charge < -0.3 is 4.90 Å². The van der Waals surface area contributed by atoms with E-state index in [1.165, 1.54) is 19.3 Å². The van der Waals surface area contributed by atoms with Crippen molar-refractivity contribution in [2.24, 2.45) is 5.41 Å². The predicted molar refractivity (Wildman–Crippen MR) is 52.8 cm³/mol. The van der Waals surface area contributed by atoms with Crippen LogP contribution in [0.5, 0.6) is 0 Å². The molecule has 1 saturated carbocycles. The van der Waals surface area contributed by atoms with E-state index >= 15 is 0 Å². The Labute approximate surface area is 84.5 Å². The molecular formula is C11H17NO2. The van der Waals surface area contributed by atoms with Gasteiger partial charge in [-0.25, -0.2) is 0 Å². The van der Waals surface area contributed by atoms with E-state index in [1.807, 2.05) is 4.90 Å². The van der Waals surface area contributed by atoms with Gasteiger partial charge in [-0.2, -0.15) is 0 Å². The number of nitrogens with zero attached hydrogens (tertiary/aromatic N) is 1. The van der Waals surface area contributed by atoms with Crippen LogP contribution in [0.4, 0.5) is 0 Å². The van der Waals surface area contributed by atoms with E-state index in [-0.39, 0.29) is 18.1 Å². The summed E-state index contributed by atoms with van der Waals surface area (Å²) in [5.74, 6) is 0.138. The molecule has 0 aromatic heterocycles. The number of Topliss-reactive ketones (excluding diaryl/α,β-unsaturated/α-hetero) is 1. The summed E-state index contributed by atoms with van der Waals surface area (Å²) in [7, 11) is 0. The summed E-state index contributed by atoms with van der Waals surface area (Å²) in [5.41, 5.74) is 0.343. The second-order valence-electron chi connectivity index (χ2n) is 4.94. The van der Waals surface area contributed by atoms with Crippen molar-refractivity contribution in [3.63, 3.8) is 0 Å². The Morgan fingerprint density at radius 1 is 1.36 bits per heavy atom. The molecule has 78 valence electrons. The number of hydrogen-bond donors (Lipinski definition) is 0. The van der Waals surface area contributed by atoms with E-state index in [0.29, 0.717) is 18.4 Å². The predicted octanol–water partition coefficient (Wildman–Crippen LogP) is 1.37. The van der Waals surface area contributed by atoms with Crippen LogP contribution >= 0.6 is 0 Å². The van der Waals surface area contributed by atoms with Gasteiger partial charge in [0.1, 0.15) is 5.78 Å². The first-order valence-corrected chi connectivity index (χ1v) is 5.39. The molecule has 0 atom stereocenters.